The van der Waals surface area contributed by atoms with Gasteiger partial charge in [-0.1, -0.05) is 30.3 Å². The normalized spacial score (nSPS) is 11.9. The summed E-state index contributed by atoms with van der Waals surface area (Å²) in [5.74, 6) is -0.202. The van der Waals surface area contributed by atoms with Gasteiger partial charge in [-0.2, -0.15) is 0 Å². The van der Waals surface area contributed by atoms with Gasteiger partial charge in [-0.3, -0.25) is 4.79 Å². The molecule has 3 aromatic rings. The minimum absolute atomic E-state index is 0.142. The summed E-state index contributed by atoms with van der Waals surface area (Å²) in [6.45, 7) is -0.142. The molecule has 1 heterocycles. The van der Waals surface area contributed by atoms with Crippen LogP contribution in [0.3, 0.4) is 0 Å². The van der Waals surface area contributed by atoms with Crippen molar-refractivity contribution in [1.82, 2.24) is 9.88 Å². The maximum absolute atomic E-state index is 12.4. The van der Waals surface area contributed by atoms with Crippen molar-refractivity contribution in [3.63, 3.8) is 0 Å². The Kier molecular flexibility index (Phi) is 4.54. The number of aliphatic hydroxyl groups excluding tert-OH is 1. The summed E-state index contributed by atoms with van der Waals surface area (Å²) in [4.78, 5) is 12.4. The molecular formula is C19H18N2O2. The van der Waals surface area contributed by atoms with Crippen molar-refractivity contribution in [3.8, 4) is 5.69 Å². The number of hydrogen-bond donors (Lipinski definition) is 2. The van der Waals surface area contributed by atoms with Crippen LogP contribution in [0, 0.1) is 0 Å². The van der Waals surface area contributed by atoms with E-state index in [0.29, 0.717) is 5.56 Å². The fourth-order valence-corrected chi connectivity index (χ4v) is 2.45. The second-order valence-corrected chi connectivity index (χ2v) is 5.26. The predicted octanol–water partition coefficient (Wildman–Crippen LogP) is 2.94. The number of amides is 1. The Morgan fingerprint density at radius 3 is 2.22 bits per heavy atom. The molecule has 1 amide bonds. The molecule has 0 aliphatic carbocycles. The molecule has 0 radical (unpaired) electrons. The fourth-order valence-electron chi connectivity index (χ4n) is 2.45. The molecule has 4 nitrogen and oxygen atoms in total. The average molecular weight is 306 g/mol. The van der Waals surface area contributed by atoms with Gasteiger partial charge in [0.05, 0.1) is 12.6 Å². The van der Waals surface area contributed by atoms with Crippen LogP contribution in [0.15, 0.2) is 79.1 Å². The molecule has 0 saturated heterocycles. The van der Waals surface area contributed by atoms with Crippen LogP contribution in [-0.4, -0.2) is 22.2 Å². The Morgan fingerprint density at radius 1 is 0.957 bits per heavy atom. The number of carbonyl (C=O) groups is 1. The highest BCUT2D eigenvalue weighted by atomic mass is 16.3. The van der Waals surface area contributed by atoms with Gasteiger partial charge in [-0.15, -0.1) is 0 Å². The van der Waals surface area contributed by atoms with Gasteiger partial charge in [-0.05, 0) is 42.0 Å². The number of aromatic nitrogens is 1. The van der Waals surface area contributed by atoms with Gasteiger partial charge in [-0.25, -0.2) is 0 Å². The highest BCUT2D eigenvalue weighted by Gasteiger charge is 2.14. The molecular weight excluding hydrogens is 288 g/mol. The van der Waals surface area contributed by atoms with E-state index in [1.807, 2.05) is 71.6 Å². The topological polar surface area (TPSA) is 54.3 Å². The van der Waals surface area contributed by atoms with E-state index < -0.39 is 6.04 Å². The molecule has 0 aliphatic heterocycles. The third-order valence-corrected chi connectivity index (χ3v) is 3.72. The van der Waals surface area contributed by atoms with Crippen LogP contribution in [0.1, 0.15) is 22.0 Å². The molecule has 1 unspecified atom stereocenters. The molecule has 4 heteroatoms. The number of benzene rings is 2. The zero-order valence-electron chi connectivity index (χ0n) is 12.6. The first-order valence-electron chi connectivity index (χ1n) is 7.48. The first kappa shape index (κ1) is 15.1. The van der Waals surface area contributed by atoms with Gasteiger partial charge < -0.3 is 15.0 Å². The molecule has 1 atom stereocenters. The third-order valence-electron chi connectivity index (χ3n) is 3.72. The summed E-state index contributed by atoms with van der Waals surface area (Å²) in [5.41, 5.74) is 2.44. The van der Waals surface area contributed by atoms with Gasteiger partial charge in [0.2, 0.25) is 0 Å². The van der Waals surface area contributed by atoms with Crippen molar-refractivity contribution < 1.29 is 9.90 Å². The number of rotatable bonds is 5. The van der Waals surface area contributed by atoms with Crippen LogP contribution in [0.2, 0.25) is 0 Å². The number of aliphatic hydroxyl groups is 1. The van der Waals surface area contributed by atoms with Crippen molar-refractivity contribution in [2.24, 2.45) is 0 Å². The van der Waals surface area contributed by atoms with Crippen LogP contribution >= 0.6 is 0 Å². The number of hydrogen-bond acceptors (Lipinski definition) is 2. The van der Waals surface area contributed by atoms with Gasteiger partial charge in [0.1, 0.15) is 0 Å². The molecule has 2 aromatic carbocycles. The second-order valence-electron chi connectivity index (χ2n) is 5.26. The van der Waals surface area contributed by atoms with E-state index in [1.165, 1.54) is 0 Å². The maximum Gasteiger partial charge on any atom is 0.251 e. The van der Waals surface area contributed by atoms with E-state index in [4.69, 9.17) is 0 Å². The number of nitrogens with zero attached hydrogens (tertiary/aromatic N) is 1. The average Bonchev–Trinajstić information content (AvgIpc) is 3.15. The minimum atomic E-state index is -0.409. The second kappa shape index (κ2) is 6.94. The predicted molar refractivity (Wildman–Crippen MR) is 89.5 cm³/mol. The van der Waals surface area contributed by atoms with Crippen molar-refractivity contribution in [2.45, 2.75) is 6.04 Å². The summed E-state index contributed by atoms with van der Waals surface area (Å²) < 4.78 is 1.97. The lowest BCUT2D eigenvalue weighted by Gasteiger charge is -2.17. The Balaban J connectivity index is 1.72. The third kappa shape index (κ3) is 3.49. The number of carbonyl (C=O) groups excluding carboxylic acids is 1. The van der Waals surface area contributed by atoms with Crippen LogP contribution in [0.25, 0.3) is 5.69 Å². The van der Waals surface area contributed by atoms with Crippen LogP contribution in [0.5, 0.6) is 0 Å². The summed E-state index contributed by atoms with van der Waals surface area (Å²) in [5, 5.41) is 12.4. The first-order chi connectivity index (χ1) is 11.3. The molecule has 116 valence electrons. The molecule has 0 bridgehead atoms. The molecule has 0 fully saturated rings. The van der Waals surface area contributed by atoms with E-state index in [0.717, 1.165) is 11.3 Å². The van der Waals surface area contributed by atoms with Gasteiger partial charge in [0.15, 0.2) is 0 Å². The Bertz CT molecular complexity index is 750. The smallest absolute Gasteiger partial charge is 0.251 e. The highest BCUT2D eigenvalue weighted by molar-refractivity contribution is 5.94. The SMILES string of the molecule is O=C(NC(CO)c1ccccc1)c1ccc(-n2cccc2)cc1. The van der Waals surface area contributed by atoms with E-state index in [2.05, 4.69) is 5.32 Å². The maximum atomic E-state index is 12.4. The Labute approximate surface area is 135 Å². The summed E-state index contributed by atoms with van der Waals surface area (Å²) in [7, 11) is 0. The molecule has 0 saturated carbocycles. The van der Waals surface area contributed by atoms with Crippen molar-refractivity contribution in [1.29, 1.82) is 0 Å². The molecule has 2 N–H and O–H groups in total. The molecule has 23 heavy (non-hydrogen) atoms. The van der Waals surface area contributed by atoms with Gasteiger partial charge >= 0.3 is 0 Å². The van der Waals surface area contributed by atoms with Crippen molar-refractivity contribution >= 4 is 5.91 Å². The zero-order valence-corrected chi connectivity index (χ0v) is 12.6. The van der Waals surface area contributed by atoms with E-state index in [-0.39, 0.29) is 12.5 Å². The molecule has 0 aliphatic rings. The highest BCUT2D eigenvalue weighted by Crippen LogP contribution is 2.14. The summed E-state index contributed by atoms with van der Waals surface area (Å²) in [6.07, 6.45) is 3.90. The quantitative estimate of drug-likeness (QED) is 0.761. The Morgan fingerprint density at radius 2 is 1.61 bits per heavy atom. The first-order valence-corrected chi connectivity index (χ1v) is 7.48. The lowest BCUT2D eigenvalue weighted by molar-refractivity contribution is 0.0916. The monoisotopic (exact) mass is 306 g/mol. The van der Waals surface area contributed by atoms with Gasteiger partial charge in [0, 0.05) is 23.6 Å². The Hall–Kier alpha value is -2.85. The van der Waals surface area contributed by atoms with Crippen LogP contribution in [-0.2, 0) is 0 Å². The zero-order chi connectivity index (χ0) is 16.1. The van der Waals surface area contributed by atoms with Crippen LogP contribution in [0.4, 0.5) is 0 Å². The largest absolute Gasteiger partial charge is 0.394 e. The minimum Gasteiger partial charge on any atom is -0.394 e. The lowest BCUT2D eigenvalue weighted by atomic mass is 10.1. The van der Waals surface area contributed by atoms with E-state index in [1.54, 1.807) is 12.1 Å². The molecule has 3 rings (SSSR count). The molecule has 0 spiro atoms. The number of nitrogens with one attached hydrogen (secondary N) is 1. The van der Waals surface area contributed by atoms with Crippen LogP contribution < -0.4 is 5.32 Å². The summed E-state index contributed by atoms with van der Waals surface area (Å²) in [6, 6.07) is 20.3. The van der Waals surface area contributed by atoms with Crippen molar-refractivity contribution in [3.05, 3.63) is 90.3 Å². The molecule has 1 aromatic heterocycles. The van der Waals surface area contributed by atoms with Gasteiger partial charge in [0.25, 0.3) is 5.91 Å². The van der Waals surface area contributed by atoms with E-state index in [9.17, 15) is 9.90 Å². The summed E-state index contributed by atoms with van der Waals surface area (Å²) >= 11 is 0. The van der Waals surface area contributed by atoms with Crippen molar-refractivity contribution in [2.75, 3.05) is 6.61 Å². The lowest BCUT2D eigenvalue weighted by Crippen LogP contribution is -2.30. The standard InChI is InChI=1S/C19H18N2O2/c22-14-18(15-6-2-1-3-7-15)20-19(23)16-8-10-17(11-9-16)21-12-4-5-13-21/h1-13,18,22H,14H2,(H,20,23). The van der Waals surface area contributed by atoms with E-state index >= 15 is 0 Å². The fraction of sp³-hybridized carbons (Fsp3) is 0.105.